The lowest BCUT2D eigenvalue weighted by atomic mass is 10.1. The van der Waals surface area contributed by atoms with Crippen LogP contribution in [0, 0.1) is 0 Å². The van der Waals surface area contributed by atoms with Gasteiger partial charge >= 0.3 is 5.97 Å². The number of para-hydroxylation sites is 1. The van der Waals surface area contributed by atoms with Crippen LogP contribution in [0.3, 0.4) is 0 Å². The van der Waals surface area contributed by atoms with Gasteiger partial charge in [-0.2, -0.15) is 0 Å². The number of anilines is 2. The molecule has 3 rings (SSSR count). The van der Waals surface area contributed by atoms with E-state index in [0.717, 1.165) is 31.2 Å². The number of rotatable bonds is 14. The van der Waals surface area contributed by atoms with Crippen LogP contribution in [0.2, 0.25) is 0 Å². The van der Waals surface area contributed by atoms with Gasteiger partial charge in [0, 0.05) is 18.2 Å². The second-order valence-electron chi connectivity index (χ2n) is 8.27. The van der Waals surface area contributed by atoms with Gasteiger partial charge in [-0.05, 0) is 61.2 Å². The van der Waals surface area contributed by atoms with E-state index < -0.39 is 11.9 Å². The number of carbonyl (C=O) groups is 3. The molecule has 188 valence electrons. The van der Waals surface area contributed by atoms with Crippen LogP contribution in [-0.4, -0.2) is 29.9 Å². The quantitative estimate of drug-likeness (QED) is 0.162. The summed E-state index contributed by atoms with van der Waals surface area (Å²) in [6.07, 6.45) is 4.18. The van der Waals surface area contributed by atoms with Crippen molar-refractivity contribution < 1.29 is 29.0 Å². The summed E-state index contributed by atoms with van der Waals surface area (Å²) in [6, 6.07) is 21.9. The highest BCUT2D eigenvalue weighted by atomic mass is 16.5. The third-order valence-corrected chi connectivity index (χ3v) is 5.59. The number of ether oxygens (including phenoxy) is 2. The Balaban J connectivity index is 1.87. The molecular weight excluding hydrogens is 458 g/mol. The van der Waals surface area contributed by atoms with Gasteiger partial charge in [0.25, 0.3) is 5.91 Å². The summed E-state index contributed by atoms with van der Waals surface area (Å²) in [6.45, 7) is 2.39. The fourth-order valence-electron chi connectivity index (χ4n) is 3.75. The lowest BCUT2D eigenvalue weighted by Gasteiger charge is -2.24. The number of hydrogen-bond donors (Lipinski definition) is 1. The molecule has 0 saturated heterocycles. The van der Waals surface area contributed by atoms with Crippen LogP contribution in [0.25, 0.3) is 0 Å². The molecule has 0 aromatic heterocycles. The van der Waals surface area contributed by atoms with Gasteiger partial charge in [0.05, 0.1) is 12.3 Å². The number of aryl methyl sites for hydroxylation is 1. The van der Waals surface area contributed by atoms with Crippen LogP contribution in [-0.2, 0) is 20.8 Å². The highest BCUT2D eigenvalue weighted by Gasteiger charge is 2.22. The van der Waals surface area contributed by atoms with Gasteiger partial charge in [0.15, 0.2) is 0 Å². The molecule has 7 nitrogen and oxygen atoms in total. The van der Waals surface area contributed by atoms with E-state index in [-0.39, 0.29) is 6.42 Å². The minimum atomic E-state index is -0.793. The lowest BCUT2D eigenvalue weighted by Crippen LogP contribution is -2.27. The van der Waals surface area contributed by atoms with Gasteiger partial charge in [-0.3, -0.25) is 19.3 Å². The average molecular weight is 490 g/mol. The van der Waals surface area contributed by atoms with Crippen molar-refractivity contribution in [3.63, 3.8) is 0 Å². The molecule has 0 atom stereocenters. The minimum absolute atomic E-state index is 0.156. The summed E-state index contributed by atoms with van der Waals surface area (Å²) in [5.74, 6) is 0.0936. The number of aliphatic carboxylic acids is 1. The van der Waals surface area contributed by atoms with Crippen molar-refractivity contribution in [2.75, 3.05) is 11.5 Å². The van der Waals surface area contributed by atoms with Crippen LogP contribution in [0.5, 0.6) is 17.2 Å². The summed E-state index contributed by atoms with van der Waals surface area (Å²) in [7, 11) is 0. The zero-order valence-corrected chi connectivity index (χ0v) is 20.4. The maximum absolute atomic E-state index is 12.8. The van der Waals surface area contributed by atoms with Crippen LogP contribution < -0.4 is 14.4 Å². The molecule has 3 aromatic rings. The second-order valence-corrected chi connectivity index (χ2v) is 8.27. The Bertz CT molecular complexity index is 1160. The molecule has 0 aliphatic heterocycles. The van der Waals surface area contributed by atoms with E-state index in [4.69, 9.17) is 14.6 Å². The Kier molecular flexibility index (Phi) is 10.1. The summed E-state index contributed by atoms with van der Waals surface area (Å²) in [5, 5.41) is 8.78. The van der Waals surface area contributed by atoms with Gasteiger partial charge < -0.3 is 14.6 Å². The SMILES string of the molecule is CCc1cccc(N(C(=O)C=O)c2ccc(Oc3ccccc3)cc2OCCCCCCC(=O)O)c1. The van der Waals surface area contributed by atoms with Crippen molar-refractivity contribution in [3.05, 3.63) is 78.4 Å². The van der Waals surface area contributed by atoms with Gasteiger partial charge in [0.1, 0.15) is 17.2 Å². The fraction of sp³-hybridized carbons (Fsp3) is 0.276. The number of nitrogens with zero attached hydrogens (tertiary/aromatic N) is 1. The summed E-state index contributed by atoms with van der Waals surface area (Å²) in [4.78, 5) is 36.4. The standard InChI is InChI=1S/C29H31NO6/c1-2-22-11-10-12-23(19-22)30(28(32)21-31)26-17-16-25(36-24-13-6-5-7-14-24)20-27(26)35-18-9-4-3-8-15-29(33)34/h5-7,10-14,16-17,19-21H,2-4,8-9,15,18H2,1H3,(H,33,34). The first-order chi connectivity index (χ1) is 17.5. The first-order valence-electron chi connectivity index (χ1n) is 12.1. The van der Waals surface area contributed by atoms with Crippen LogP contribution >= 0.6 is 0 Å². The molecule has 0 bridgehead atoms. The molecule has 0 heterocycles. The normalized spacial score (nSPS) is 10.5. The van der Waals surface area contributed by atoms with E-state index in [9.17, 15) is 14.4 Å². The molecule has 0 aliphatic carbocycles. The van der Waals surface area contributed by atoms with E-state index >= 15 is 0 Å². The zero-order valence-electron chi connectivity index (χ0n) is 20.4. The Morgan fingerprint density at radius 2 is 1.67 bits per heavy atom. The Morgan fingerprint density at radius 1 is 0.889 bits per heavy atom. The molecule has 1 amide bonds. The lowest BCUT2D eigenvalue weighted by molar-refractivity contribution is -0.137. The van der Waals surface area contributed by atoms with Gasteiger partial charge in [-0.1, -0.05) is 50.1 Å². The number of carboxylic acid groups (broad SMARTS) is 1. The number of aldehydes is 1. The minimum Gasteiger partial charge on any atom is -0.491 e. The third-order valence-electron chi connectivity index (χ3n) is 5.59. The van der Waals surface area contributed by atoms with Gasteiger partial charge in [-0.15, -0.1) is 0 Å². The van der Waals surface area contributed by atoms with E-state index in [1.54, 1.807) is 24.3 Å². The van der Waals surface area contributed by atoms with E-state index in [0.29, 0.717) is 47.9 Å². The number of carboxylic acids is 1. The first-order valence-corrected chi connectivity index (χ1v) is 12.1. The molecule has 0 fully saturated rings. The number of carbonyl (C=O) groups excluding carboxylic acids is 2. The molecule has 0 saturated carbocycles. The molecule has 3 aromatic carbocycles. The highest BCUT2D eigenvalue weighted by Crippen LogP contribution is 2.38. The Hall–Kier alpha value is -4.13. The van der Waals surface area contributed by atoms with Crippen LogP contribution in [0.15, 0.2) is 72.8 Å². The first kappa shape index (κ1) is 26.5. The van der Waals surface area contributed by atoms with Crippen molar-refractivity contribution in [2.45, 2.75) is 45.4 Å². The number of amides is 1. The highest BCUT2D eigenvalue weighted by molar-refractivity contribution is 6.33. The molecule has 7 heteroatoms. The maximum atomic E-state index is 12.8. The third kappa shape index (κ3) is 7.70. The smallest absolute Gasteiger partial charge is 0.303 e. The topological polar surface area (TPSA) is 93.1 Å². The number of unbranched alkanes of at least 4 members (excludes halogenated alkanes) is 3. The largest absolute Gasteiger partial charge is 0.491 e. The zero-order chi connectivity index (χ0) is 25.8. The summed E-state index contributed by atoms with van der Waals surface area (Å²) in [5.41, 5.74) is 2.04. The summed E-state index contributed by atoms with van der Waals surface area (Å²) < 4.78 is 12.0. The maximum Gasteiger partial charge on any atom is 0.303 e. The van der Waals surface area contributed by atoms with Gasteiger partial charge in [0.2, 0.25) is 6.29 Å². The Labute approximate surface area is 211 Å². The molecule has 0 unspecified atom stereocenters. The van der Waals surface area contributed by atoms with Crippen molar-refractivity contribution in [3.8, 4) is 17.2 Å². The second kappa shape index (κ2) is 13.7. The molecule has 36 heavy (non-hydrogen) atoms. The predicted molar refractivity (Wildman–Crippen MR) is 138 cm³/mol. The Morgan fingerprint density at radius 3 is 2.39 bits per heavy atom. The monoisotopic (exact) mass is 489 g/mol. The van der Waals surface area contributed by atoms with E-state index in [1.165, 1.54) is 4.90 Å². The van der Waals surface area contributed by atoms with Crippen LogP contribution in [0.4, 0.5) is 11.4 Å². The number of benzene rings is 3. The van der Waals surface area contributed by atoms with Crippen molar-refractivity contribution in [2.24, 2.45) is 0 Å². The molecule has 1 N–H and O–H groups in total. The molecular formula is C29H31NO6. The molecule has 0 aliphatic rings. The van der Waals surface area contributed by atoms with Crippen LogP contribution in [0.1, 0.15) is 44.6 Å². The van der Waals surface area contributed by atoms with Crippen molar-refractivity contribution >= 4 is 29.5 Å². The molecule has 0 spiro atoms. The number of hydrogen-bond acceptors (Lipinski definition) is 5. The van der Waals surface area contributed by atoms with Gasteiger partial charge in [-0.25, -0.2) is 0 Å². The van der Waals surface area contributed by atoms with E-state index in [1.807, 2.05) is 55.5 Å². The average Bonchev–Trinajstić information content (AvgIpc) is 2.89. The van der Waals surface area contributed by atoms with E-state index in [2.05, 4.69) is 0 Å². The van der Waals surface area contributed by atoms with Crippen molar-refractivity contribution in [1.29, 1.82) is 0 Å². The van der Waals surface area contributed by atoms with Crippen molar-refractivity contribution in [1.82, 2.24) is 0 Å². The fourth-order valence-corrected chi connectivity index (χ4v) is 3.75. The predicted octanol–water partition coefficient (Wildman–Crippen LogP) is 6.32. The summed E-state index contributed by atoms with van der Waals surface area (Å²) >= 11 is 0. The molecule has 0 radical (unpaired) electrons.